The number of rotatable bonds is 2. The minimum Gasteiger partial charge on any atom is -0.874 e. The summed E-state index contributed by atoms with van der Waals surface area (Å²) in [6, 6.07) is 27.3. The van der Waals surface area contributed by atoms with E-state index in [1.54, 1.807) is 0 Å². The molecular formula is C24H15O2-. The number of ketones is 1. The number of carbonyl (C=O) groups excluding carboxylic acids is 1. The van der Waals surface area contributed by atoms with Crippen LogP contribution in [0.1, 0.15) is 17.0 Å². The Labute approximate surface area is 151 Å². The average molecular weight is 335 g/mol. The van der Waals surface area contributed by atoms with E-state index in [0.717, 1.165) is 33.4 Å². The van der Waals surface area contributed by atoms with Crippen molar-refractivity contribution < 1.29 is 9.90 Å². The number of Topliss-reactive ketones (excluding diaryl/α,β-unsaturated/α-hetero) is 1. The molecule has 0 bridgehead atoms. The van der Waals surface area contributed by atoms with Crippen LogP contribution in [0.2, 0.25) is 0 Å². The minimum absolute atomic E-state index is 0.0759. The molecule has 26 heavy (non-hydrogen) atoms. The summed E-state index contributed by atoms with van der Waals surface area (Å²) in [4.78, 5) is 13.0. The smallest absolute Gasteiger partial charge is 0.173 e. The Morgan fingerprint density at radius 1 is 0.615 bits per heavy atom. The Kier molecular flexibility index (Phi) is 3.19. The Morgan fingerprint density at radius 2 is 1.23 bits per heavy atom. The van der Waals surface area contributed by atoms with Gasteiger partial charge in [-0.15, -0.1) is 5.76 Å². The van der Waals surface area contributed by atoms with Gasteiger partial charge < -0.3 is 5.11 Å². The third kappa shape index (κ3) is 2.02. The van der Waals surface area contributed by atoms with E-state index in [9.17, 15) is 9.90 Å². The van der Waals surface area contributed by atoms with Crippen molar-refractivity contribution in [2.24, 2.45) is 0 Å². The van der Waals surface area contributed by atoms with E-state index in [-0.39, 0.29) is 11.5 Å². The van der Waals surface area contributed by atoms with Gasteiger partial charge in [0.05, 0.1) is 5.92 Å². The molecular weight excluding hydrogens is 320 g/mol. The number of carbonyl (C=O) groups is 1. The van der Waals surface area contributed by atoms with Crippen molar-refractivity contribution in [2.45, 2.75) is 5.92 Å². The van der Waals surface area contributed by atoms with Crippen LogP contribution in [-0.2, 0) is 4.79 Å². The number of hydrogen-bond acceptors (Lipinski definition) is 2. The summed E-state index contributed by atoms with van der Waals surface area (Å²) in [5, 5.41) is 13.0. The van der Waals surface area contributed by atoms with Gasteiger partial charge in [0.1, 0.15) is 0 Å². The molecule has 0 heterocycles. The molecule has 0 fully saturated rings. The van der Waals surface area contributed by atoms with Crippen molar-refractivity contribution in [1.82, 2.24) is 0 Å². The van der Waals surface area contributed by atoms with Gasteiger partial charge in [0, 0.05) is 5.57 Å². The molecule has 0 radical (unpaired) electrons. The van der Waals surface area contributed by atoms with Crippen molar-refractivity contribution in [1.29, 1.82) is 0 Å². The summed E-state index contributed by atoms with van der Waals surface area (Å²) < 4.78 is 0. The normalized spacial score (nSPS) is 16.9. The van der Waals surface area contributed by atoms with E-state index < -0.39 is 5.92 Å². The molecule has 0 saturated carbocycles. The molecule has 1 unspecified atom stereocenters. The summed E-state index contributed by atoms with van der Waals surface area (Å²) >= 11 is 0. The maximum absolute atomic E-state index is 13.0. The lowest BCUT2D eigenvalue weighted by Gasteiger charge is -2.37. The molecule has 0 saturated heterocycles. The highest BCUT2D eigenvalue weighted by Crippen LogP contribution is 2.47. The fraction of sp³-hybridized carbons (Fsp3) is 0.0417. The third-order valence-electron chi connectivity index (χ3n) is 5.21. The summed E-state index contributed by atoms with van der Waals surface area (Å²) in [6.07, 6.45) is 0. The van der Waals surface area contributed by atoms with Gasteiger partial charge in [-0.25, -0.2) is 0 Å². The van der Waals surface area contributed by atoms with E-state index in [0.29, 0.717) is 5.57 Å². The van der Waals surface area contributed by atoms with Gasteiger partial charge in [0.25, 0.3) is 0 Å². The maximum atomic E-state index is 13.0. The van der Waals surface area contributed by atoms with Gasteiger partial charge in [-0.1, -0.05) is 84.9 Å². The number of allylic oxidation sites excluding steroid dienone is 2. The molecule has 0 N–H and O–H groups in total. The van der Waals surface area contributed by atoms with Crippen molar-refractivity contribution in [3.05, 3.63) is 102 Å². The molecule has 0 amide bonds. The highest BCUT2D eigenvalue weighted by atomic mass is 16.3. The molecule has 0 spiro atoms. The van der Waals surface area contributed by atoms with Gasteiger partial charge in [-0.2, -0.15) is 0 Å². The van der Waals surface area contributed by atoms with Crippen LogP contribution in [0.3, 0.4) is 0 Å². The maximum Gasteiger partial charge on any atom is 0.173 e. The molecule has 5 aliphatic rings. The van der Waals surface area contributed by atoms with E-state index >= 15 is 0 Å². The Balaban J connectivity index is 1.62. The van der Waals surface area contributed by atoms with Crippen molar-refractivity contribution in [2.75, 3.05) is 0 Å². The predicted molar refractivity (Wildman–Crippen MR) is 101 cm³/mol. The topological polar surface area (TPSA) is 40.1 Å². The second-order valence-corrected chi connectivity index (χ2v) is 6.63. The van der Waals surface area contributed by atoms with Crippen LogP contribution in [0, 0.1) is 0 Å². The van der Waals surface area contributed by atoms with Crippen LogP contribution < -0.4 is 5.11 Å². The Morgan fingerprint density at radius 3 is 1.96 bits per heavy atom. The van der Waals surface area contributed by atoms with Gasteiger partial charge in [-0.05, 0) is 33.4 Å². The molecule has 2 nitrogen and oxygen atoms in total. The van der Waals surface area contributed by atoms with E-state index in [1.165, 1.54) is 0 Å². The highest BCUT2D eigenvalue weighted by molar-refractivity contribution is 6.33. The quantitative estimate of drug-likeness (QED) is 0.547. The molecule has 5 rings (SSSR count). The highest BCUT2D eigenvalue weighted by Gasteiger charge is 2.38. The molecule has 0 aromatic carbocycles. The first-order valence-electron chi connectivity index (χ1n) is 8.67. The fourth-order valence-corrected chi connectivity index (χ4v) is 3.92. The third-order valence-corrected chi connectivity index (χ3v) is 5.21. The van der Waals surface area contributed by atoms with Gasteiger partial charge >= 0.3 is 0 Å². The lowest BCUT2D eigenvalue weighted by atomic mass is 9.74. The van der Waals surface area contributed by atoms with Crippen LogP contribution in [0.5, 0.6) is 0 Å². The first-order valence-corrected chi connectivity index (χ1v) is 8.67. The van der Waals surface area contributed by atoms with E-state index in [4.69, 9.17) is 0 Å². The van der Waals surface area contributed by atoms with Gasteiger partial charge in [0.15, 0.2) is 5.78 Å². The molecule has 0 aliphatic heterocycles. The Bertz CT molecular complexity index is 1120. The first-order chi connectivity index (χ1) is 12.8. The average Bonchev–Trinajstić information content (AvgIpc) is 3.01. The van der Waals surface area contributed by atoms with Crippen LogP contribution >= 0.6 is 0 Å². The van der Waals surface area contributed by atoms with E-state index in [2.05, 4.69) is 0 Å². The first kappa shape index (κ1) is 14.9. The van der Waals surface area contributed by atoms with Crippen molar-refractivity contribution in [3.63, 3.8) is 0 Å². The molecule has 5 aliphatic carbocycles. The zero-order chi connectivity index (χ0) is 17.7. The lowest BCUT2D eigenvalue weighted by molar-refractivity contribution is -0.310. The molecule has 1 atom stereocenters. The summed E-state index contributed by atoms with van der Waals surface area (Å²) in [5.74, 6) is -0.826. The largest absolute Gasteiger partial charge is 0.874 e. The lowest BCUT2D eigenvalue weighted by Crippen LogP contribution is -2.35. The SMILES string of the molecule is O=C1C(c2ccc3cccccc2-3)=C([O-])C1c1ccc2cccccc1-2. The zero-order valence-corrected chi connectivity index (χ0v) is 14.0. The van der Waals surface area contributed by atoms with Crippen LogP contribution in [0.15, 0.2) is 90.7 Å². The number of hydrogen-bond donors (Lipinski definition) is 0. The second kappa shape index (κ2) is 5.57. The Hall–Kier alpha value is -3.39. The molecule has 0 aromatic heterocycles. The van der Waals surface area contributed by atoms with Crippen LogP contribution in [0.4, 0.5) is 0 Å². The van der Waals surface area contributed by atoms with Crippen LogP contribution in [0.25, 0.3) is 27.8 Å². The van der Waals surface area contributed by atoms with Crippen molar-refractivity contribution in [3.8, 4) is 22.3 Å². The molecule has 2 heteroatoms. The van der Waals surface area contributed by atoms with Gasteiger partial charge in [-0.3, -0.25) is 4.79 Å². The number of fused-ring (bicyclic) bond motifs is 2. The molecule has 124 valence electrons. The summed E-state index contributed by atoms with van der Waals surface area (Å²) in [5.41, 5.74) is 5.91. The zero-order valence-electron chi connectivity index (χ0n) is 14.0. The predicted octanol–water partition coefficient (Wildman–Crippen LogP) is 4.33. The second-order valence-electron chi connectivity index (χ2n) is 6.63. The van der Waals surface area contributed by atoms with Gasteiger partial charge in [0.2, 0.25) is 0 Å². The fourth-order valence-electron chi connectivity index (χ4n) is 3.92. The summed E-state index contributed by atoms with van der Waals surface area (Å²) in [7, 11) is 0. The van der Waals surface area contributed by atoms with E-state index in [1.807, 2.05) is 84.9 Å². The monoisotopic (exact) mass is 335 g/mol. The van der Waals surface area contributed by atoms with Crippen molar-refractivity contribution >= 4 is 11.4 Å². The molecule has 0 aromatic rings. The minimum atomic E-state index is -0.674. The summed E-state index contributed by atoms with van der Waals surface area (Å²) in [6.45, 7) is 0. The van der Waals surface area contributed by atoms with Crippen LogP contribution in [-0.4, -0.2) is 5.78 Å². The standard InChI is InChI=1S/C24H16O2/c25-23-21(19-13-11-15-7-3-1-5-9-17(15)19)24(26)22(23)20-14-12-16-8-4-2-6-10-18(16)20/h1-14,21,25H/p-1.